The maximum atomic E-state index is 13.6. The normalized spacial score (nSPS) is 18.6. The Morgan fingerprint density at radius 3 is 2.57 bits per heavy atom. The zero-order valence-corrected chi connectivity index (χ0v) is 12.2. The molecule has 1 aromatic rings. The molecule has 0 bridgehead atoms. The fourth-order valence-electron chi connectivity index (χ4n) is 3.09. The highest BCUT2D eigenvalue weighted by atomic mass is 19.1. The van der Waals surface area contributed by atoms with Crippen LogP contribution in [-0.2, 0) is 11.3 Å². The minimum absolute atomic E-state index is 0.325. The molecular formula is C16H21F2NO2. The largest absolute Gasteiger partial charge is 0.481 e. The number of carbonyl (C=O) groups is 1. The van der Waals surface area contributed by atoms with Crippen molar-refractivity contribution in [3.8, 4) is 0 Å². The van der Waals surface area contributed by atoms with Crippen LogP contribution in [0.4, 0.5) is 8.78 Å². The molecule has 1 aliphatic heterocycles. The van der Waals surface area contributed by atoms with E-state index in [4.69, 9.17) is 0 Å². The number of carboxylic acid groups (broad SMARTS) is 1. The minimum Gasteiger partial charge on any atom is -0.481 e. The van der Waals surface area contributed by atoms with Gasteiger partial charge in [-0.2, -0.15) is 0 Å². The third-order valence-corrected chi connectivity index (χ3v) is 4.40. The summed E-state index contributed by atoms with van der Waals surface area (Å²) in [5.41, 5.74) is -0.320. The Balaban J connectivity index is 2.00. The zero-order chi connectivity index (χ0) is 15.5. The average molecular weight is 297 g/mol. The highest BCUT2D eigenvalue weighted by molar-refractivity contribution is 5.74. The van der Waals surface area contributed by atoms with Gasteiger partial charge in [-0.15, -0.1) is 0 Å². The molecule has 21 heavy (non-hydrogen) atoms. The molecule has 5 heteroatoms. The van der Waals surface area contributed by atoms with Gasteiger partial charge in [-0.05, 0) is 50.6 Å². The number of benzene rings is 1. The summed E-state index contributed by atoms with van der Waals surface area (Å²) >= 11 is 0. The van der Waals surface area contributed by atoms with E-state index >= 15 is 0 Å². The standard InChI is InChI=1S/C16H21F2NO2/c1-2-5-16(15(20)21)6-8-19(9-7-16)11-12-10-13(17)3-4-14(12)18/h3-4,10H,2,5-9,11H2,1H3,(H,20,21). The Bertz CT molecular complexity index is 511. The number of nitrogens with zero attached hydrogens (tertiary/aromatic N) is 1. The molecule has 0 saturated carbocycles. The number of piperidine rings is 1. The number of rotatable bonds is 5. The van der Waals surface area contributed by atoms with Gasteiger partial charge >= 0.3 is 5.97 Å². The summed E-state index contributed by atoms with van der Waals surface area (Å²) in [5.74, 6) is -1.60. The molecule has 2 rings (SSSR count). The van der Waals surface area contributed by atoms with Crippen LogP contribution in [0.2, 0.25) is 0 Å². The molecule has 1 aliphatic rings. The molecule has 0 spiro atoms. The SMILES string of the molecule is CCCC1(C(=O)O)CCN(Cc2cc(F)ccc2F)CC1. The highest BCUT2D eigenvalue weighted by Crippen LogP contribution is 2.36. The lowest BCUT2D eigenvalue weighted by Crippen LogP contribution is -2.44. The van der Waals surface area contributed by atoms with E-state index < -0.39 is 23.0 Å². The second-order valence-electron chi connectivity index (χ2n) is 5.85. The van der Waals surface area contributed by atoms with Crippen LogP contribution < -0.4 is 0 Å². The van der Waals surface area contributed by atoms with Crippen LogP contribution in [0.15, 0.2) is 18.2 Å². The number of hydrogen-bond donors (Lipinski definition) is 1. The fourth-order valence-corrected chi connectivity index (χ4v) is 3.09. The highest BCUT2D eigenvalue weighted by Gasteiger charge is 2.40. The van der Waals surface area contributed by atoms with Gasteiger partial charge < -0.3 is 5.11 Å². The molecule has 116 valence electrons. The van der Waals surface area contributed by atoms with Crippen molar-refractivity contribution in [1.29, 1.82) is 0 Å². The molecule has 0 aromatic heterocycles. The summed E-state index contributed by atoms with van der Waals surface area (Å²) in [6.45, 7) is 3.51. The lowest BCUT2D eigenvalue weighted by molar-refractivity contribution is -0.152. The number of likely N-dealkylation sites (tertiary alicyclic amines) is 1. The van der Waals surface area contributed by atoms with Gasteiger partial charge in [0.2, 0.25) is 0 Å². The summed E-state index contributed by atoms with van der Waals surface area (Å²) in [6.07, 6.45) is 2.63. The van der Waals surface area contributed by atoms with Crippen LogP contribution in [0, 0.1) is 17.0 Å². The van der Waals surface area contributed by atoms with Crippen molar-refractivity contribution in [2.45, 2.75) is 39.2 Å². The second-order valence-corrected chi connectivity index (χ2v) is 5.85. The molecule has 0 atom stereocenters. The molecule has 1 fully saturated rings. The fraction of sp³-hybridized carbons (Fsp3) is 0.562. The molecule has 0 unspecified atom stereocenters. The van der Waals surface area contributed by atoms with E-state index in [0.717, 1.165) is 18.6 Å². The summed E-state index contributed by atoms with van der Waals surface area (Å²) in [5, 5.41) is 9.45. The lowest BCUT2D eigenvalue weighted by Gasteiger charge is -2.38. The number of carboxylic acids is 1. The quantitative estimate of drug-likeness (QED) is 0.905. The predicted molar refractivity (Wildman–Crippen MR) is 75.8 cm³/mol. The molecular weight excluding hydrogens is 276 g/mol. The average Bonchev–Trinajstić information content (AvgIpc) is 2.45. The first-order valence-corrected chi connectivity index (χ1v) is 7.36. The van der Waals surface area contributed by atoms with E-state index in [1.807, 2.05) is 11.8 Å². The number of hydrogen-bond acceptors (Lipinski definition) is 2. The third-order valence-electron chi connectivity index (χ3n) is 4.40. The van der Waals surface area contributed by atoms with Gasteiger partial charge in [0.1, 0.15) is 11.6 Å². The third kappa shape index (κ3) is 3.59. The van der Waals surface area contributed by atoms with Crippen molar-refractivity contribution in [1.82, 2.24) is 4.90 Å². The molecule has 0 aliphatic carbocycles. The number of aliphatic carboxylic acids is 1. The van der Waals surface area contributed by atoms with Gasteiger partial charge in [0.15, 0.2) is 0 Å². The monoisotopic (exact) mass is 297 g/mol. The topological polar surface area (TPSA) is 40.5 Å². The Morgan fingerprint density at radius 2 is 2.00 bits per heavy atom. The maximum Gasteiger partial charge on any atom is 0.309 e. The molecule has 1 N–H and O–H groups in total. The predicted octanol–water partition coefficient (Wildman–Crippen LogP) is 3.43. The molecule has 3 nitrogen and oxygen atoms in total. The van der Waals surface area contributed by atoms with E-state index in [1.54, 1.807) is 0 Å². The molecule has 0 radical (unpaired) electrons. The van der Waals surface area contributed by atoms with E-state index in [1.165, 1.54) is 6.07 Å². The van der Waals surface area contributed by atoms with Crippen LogP contribution in [0.3, 0.4) is 0 Å². The first-order chi connectivity index (χ1) is 9.97. The Labute approximate surface area is 123 Å². The Hall–Kier alpha value is -1.49. The van der Waals surface area contributed by atoms with Crippen LogP contribution in [0.5, 0.6) is 0 Å². The first-order valence-electron chi connectivity index (χ1n) is 7.36. The van der Waals surface area contributed by atoms with Crippen molar-refractivity contribution < 1.29 is 18.7 Å². The van der Waals surface area contributed by atoms with Gasteiger partial charge in [-0.3, -0.25) is 9.69 Å². The second kappa shape index (κ2) is 6.52. The van der Waals surface area contributed by atoms with E-state index in [0.29, 0.717) is 44.5 Å². The molecule has 1 heterocycles. The van der Waals surface area contributed by atoms with Crippen molar-refractivity contribution >= 4 is 5.97 Å². The van der Waals surface area contributed by atoms with Crippen molar-refractivity contribution in [3.05, 3.63) is 35.4 Å². The Morgan fingerprint density at radius 1 is 1.33 bits per heavy atom. The van der Waals surface area contributed by atoms with Gasteiger partial charge in [-0.1, -0.05) is 13.3 Å². The summed E-state index contributed by atoms with van der Waals surface area (Å²) in [7, 11) is 0. The van der Waals surface area contributed by atoms with Gasteiger partial charge in [0.25, 0.3) is 0 Å². The van der Waals surface area contributed by atoms with Crippen LogP contribution >= 0.6 is 0 Å². The summed E-state index contributed by atoms with van der Waals surface area (Å²) in [6, 6.07) is 3.44. The number of halogens is 2. The van der Waals surface area contributed by atoms with E-state index in [9.17, 15) is 18.7 Å². The summed E-state index contributed by atoms with van der Waals surface area (Å²) < 4.78 is 26.8. The van der Waals surface area contributed by atoms with E-state index in [2.05, 4.69) is 0 Å². The minimum atomic E-state index is -0.735. The van der Waals surface area contributed by atoms with Gasteiger partial charge in [0.05, 0.1) is 5.41 Å². The van der Waals surface area contributed by atoms with Crippen LogP contribution in [-0.4, -0.2) is 29.1 Å². The first kappa shape index (κ1) is 15.9. The maximum absolute atomic E-state index is 13.6. The zero-order valence-electron chi connectivity index (χ0n) is 12.2. The molecule has 0 amide bonds. The lowest BCUT2D eigenvalue weighted by atomic mass is 9.75. The van der Waals surface area contributed by atoms with Crippen molar-refractivity contribution in [3.63, 3.8) is 0 Å². The van der Waals surface area contributed by atoms with Crippen molar-refractivity contribution in [2.75, 3.05) is 13.1 Å². The smallest absolute Gasteiger partial charge is 0.309 e. The van der Waals surface area contributed by atoms with Gasteiger partial charge in [-0.25, -0.2) is 8.78 Å². The van der Waals surface area contributed by atoms with Crippen molar-refractivity contribution in [2.24, 2.45) is 5.41 Å². The Kier molecular flexibility index (Phi) is 4.93. The summed E-state index contributed by atoms with van der Waals surface area (Å²) in [4.78, 5) is 13.5. The van der Waals surface area contributed by atoms with Crippen LogP contribution in [0.25, 0.3) is 0 Å². The van der Waals surface area contributed by atoms with Gasteiger partial charge in [0, 0.05) is 12.1 Å². The van der Waals surface area contributed by atoms with E-state index in [-0.39, 0.29) is 0 Å². The molecule has 1 aromatic carbocycles. The van der Waals surface area contributed by atoms with Crippen LogP contribution in [0.1, 0.15) is 38.2 Å². The molecule has 1 saturated heterocycles.